The Kier molecular flexibility index (Phi) is 4.67. The number of anilines is 1. The van der Waals surface area contributed by atoms with E-state index in [9.17, 15) is 10.1 Å². The van der Waals surface area contributed by atoms with Crippen LogP contribution < -0.4 is 4.90 Å². The summed E-state index contributed by atoms with van der Waals surface area (Å²) in [7, 11) is 1.85. The molecule has 1 fully saturated rings. The third-order valence-electron chi connectivity index (χ3n) is 5.56. The molecule has 4 aromatic heterocycles. The predicted molar refractivity (Wildman–Crippen MR) is 115 cm³/mol. The van der Waals surface area contributed by atoms with Gasteiger partial charge in [-0.3, -0.25) is 9.67 Å². The van der Waals surface area contributed by atoms with Crippen molar-refractivity contribution >= 4 is 17.4 Å². The Morgan fingerprint density at radius 3 is 2.47 bits per heavy atom. The predicted octanol–water partition coefficient (Wildman–Crippen LogP) is 1.86. The zero-order chi connectivity index (χ0) is 22.2. The molecule has 0 bridgehead atoms. The van der Waals surface area contributed by atoms with Gasteiger partial charge in [0.25, 0.3) is 0 Å². The highest BCUT2D eigenvalue weighted by molar-refractivity contribution is 5.86. The van der Waals surface area contributed by atoms with Gasteiger partial charge in [-0.15, -0.1) is 0 Å². The number of fused-ring (bicyclic) bond motifs is 1. The molecule has 11 heteroatoms. The molecule has 11 nitrogen and oxygen atoms in total. The second-order valence-electron chi connectivity index (χ2n) is 7.52. The summed E-state index contributed by atoms with van der Waals surface area (Å²) in [5.74, 6) is 0.687. The van der Waals surface area contributed by atoms with Crippen LogP contribution >= 0.6 is 0 Å². The maximum absolute atomic E-state index is 11.1. The molecule has 1 saturated heterocycles. The number of nitriles is 1. The summed E-state index contributed by atoms with van der Waals surface area (Å²) in [6.07, 6.45) is 9.53. The summed E-state index contributed by atoms with van der Waals surface area (Å²) < 4.78 is 3.40. The second-order valence-corrected chi connectivity index (χ2v) is 7.52. The van der Waals surface area contributed by atoms with Crippen molar-refractivity contribution in [3.8, 4) is 28.5 Å². The number of carboxylic acid groups (broad SMARTS) is 1. The minimum Gasteiger partial charge on any atom is -0.465 e. The fourth-order valence-corrected chi connectivity index (χ4v) is 3.88. The van der Waals surface area contributed by atoms with E-state index in [1.807, 2.05) is 30.4 Å². The van der Waals surface area contributed by atoms with Crippen molar-refractivity contribution in [2.45, 2.75) is 0 Å². The highest BCUT2D eigenvalue weighted by atomic mass is 16.4. The van der Waals surface area contributed by atoms with E-state index >= 15 is 0 Å². The Balaban J connectivity index is 1.52. The first-order valence-electron chi connectivity index (χ1n) is 9.99. The molecule has 4 aromatic rings. The van der Waals surface area contributed by atoms with E-state index in [-0.39, 0.29) is 0 Å². The molecular weight excluding hydrogens is 410 g/mol. The SMILES string of the molecule is Cn1cc(-c2cc(-c3cnc(N4CCN(C(=O)O)CC4)cn3)c3c(C#N)cnn3c2)cn1. The second kappa shape index (κ2) is 7.66. The van der Waals surface area contributed by atoms with E-state index in [0.717, 1.165) is 16.7 Å². The zero-order valence-electron chi connectivity index (χ0n) is 17.3. The summed E-state index contributed by atoms with van der Waals surface area (Å²) in [4.78, 5) is 23.7. The summed E-state index contributed by atoms with van der Waals surface area (Å²) in [6, 6.07) is 4.15. The first kappa shape index (κ1) is 19.5. The highest BCUT2D eigenvalue weighted by Gasteiger charge is 2.22. The first-order chi connectivity index (χ1) is 15.5. The third-order valence-corrected chi connectivity index (χ3v) is 5.56. The van der Waals surface area contributed by atoms with Crippen molar-refractivity contribution in [1.29, 1.82) is 5.26 Å². The van der Waals surface area contributed by atoms with Crippen LogP contribution in [0.3, 0.4) is 0 Å². The average molecular weight is 429 g/mol. The number of aryl methyl sites for hydroxylation is 1. The van der Waals surface area contributed by atoms with E-state index in [2.05, 4.69) is 26.2 Å². The first-order valence-corrected chi connectivity index (χ1v) is 9.99. The van der Waals surface area contributed by atoms with Gasteiger partial charge in [0.1, 0.15) is 11.9 Å². The molecule has 160 valence electrons. The molecule has 1 aliphatic heterocycles. The van der Waals surface area contributed by atoms with Gasteiger partial charge >= 0.3 is 6.09 Å². The highest BCUT2D eigenvalue weighted by Crippen LogP contribution is 2.31. The molecule has 0 radical (unpaired) electrons. The van der Waals surface area contributed by atoms with Crippen LogP contribution in [0, 0.1) is 11.3 Å². The van der Waals surface area contributed by atoms with Crippen molar-refractivity contribution in [2.75, 3.05) is 31.1 Å². The number of hydrogen-bond acceptors (Lipinski definition) is 7. The molecule has 5 rings (SSSR count). The lowest BCUT2D eigenvalue weighted by molar-refractivity contribution is 0.142. The molecule has 0 spiro atoms. The van der Waals surface area contributed by atoms with E-state index in [0.29, 0.717) is 48.8 Å². The number of amides is 1. The smallest absolute Gasteiger partial charge is 0.407 e. The van der Waals surface area contributed by atoms with Gasteiger partial charge in [0.15, 0.2) is 0 Å². The monoisotopic (exact) mass is 429 g/mol. The molecule has 0 saturated carbocycles. The average Bonchev–Trinajstić information content (AvgIpc) is 3.44. The van der Waals surface area contributed by atoms with Gasteiger partial charge in [-0.2, -0.15) is 15.5 Å². The minimum atomic E-state index is -0.905. The van der Waals surface area contributed by atoms with Crippen molar-refractivity contribution in [2.24, 2.45) is 7.05 Å². The van der Waals surface area contributed by atoms with Gasteiger partial charge in [-0.05, 0) is 6.07 Å². The van der Waals surface area contributed by atoms with E-state index in [4.69, 9.17) is 5.11 Å². The summed E-state index contributed by atoms with van der Waals surface area (Å²) in [6.45, 7) is 1.96. The van der Waals surface area contributed by atoms with Crippen molar-refractivity contribution in [1.82, 2.24) is 34.3 Å². The molecule has 1 N–H and O–H groups in total. The largest absolute Gasteiger partial charge is 0.465 e. The Labute approximate surface area is 182 Å². The van der Waals surface area contributed by atoms with Crippen LogP contribution in [0.15, 0.2) is 43.2 Å². The fraction of sp³-hybridized carbons (Fsp3) is 0.238. The van der Waals surface area contributed by atoms with Gasteiger partial charge in [0.05, 0.1) is 41.6 Å². The van der Waals surface area contributed by atoms with E-state index in [1.54, 1.807) is 27.8 Å². The van der Waals surface area contributed by atoms with Gasteiger partial charge in [-0.1, -0.05) is 0 Å². The van der Waals surface area contributed by atoms with Crippen LogP contribution in [-0.4, -0.2) is 71.6 Å². The molecular formula is C21H19N9O2. The number of pyridine rings is 1. The number of hydrogen-bond donors (Lipinski definition) is 1. The van der Waals surface area contributed by atoms with Crippen LogP contribution in [-0.2, 0) is 7.05 Å². The Hall–Kier alpha value is -4.46. The topological polar surface area (TPSA) is 128 Å². The standard InChI is InChI=1S/C21H19N9O2/c1-27-12-16(9-25-27)14-6-17(20-15(7-22)8-26-30(20)13-14)18-10-24-19(11-23-18)28-2-4-29(5-3-28)21(31)32/h6,8-13H,2-5H2,1H3,(H,31,32). The van der Waals surface area contributed by atoms with Crippen LogP contribution in [0.2, 0.25) is 0 Å². The summed E-state index contributed by atoms with van der Waals surface area (Å²) in [5.41, 5.74) is 4.29. The van der Waals surface area contributed by atoms with Crippen molar-refractivity contribution < 1.29 is 9.90 Å². The van der Waals surface area contributed by atoms with Gasteiger partial charge in [0, 0.05) is 62.3 Å². The lowest BCUT2D eigenvalue weighted by atomic mass is 10.0. The number of aromatic nitrogens is 6. The van der Waals surface area contributed by atoms with E-state index in [1.165, 1.54) is 11.1 Å². The lowest BCUT2D eigenvalue weighted by Crippen LogP contribution is -2.48. The molecule has 0 unspecified atom stereocenters. The zero-order valence-corrected chi connectivity index (χ0v) is 17.3. The summed E-state index contributed by atoms with van der Waals surface area (Å²) >= 11 is 0. The van der Waals surface area contributed by atoms with Gasteiger partial charge in [-0.25, -0.2) is 14.3 Å². The maximum atomic E-state index is 11.1. The molecule has 32 heavy (non-hydrogen) atoms. The fourth-order valence-electron chi connectivity index (χ4n) is 3.88. The third kappa shape index (κ3) is 3.37. The summed E-state index contributed by atoms with van der Waals surface area (Å²) in [5, 5.41) is 27.3. The number of piperazine rings is 1. The number of rotatable bonds is 3. The Morgan fingerprint density at radius 1 is 1.03 bits per heavy atom. The van der Waals surface area contributed by atoms with Crippen LogP contribution in [0.1, 0.15) is 5.56 Å². The van der Waals surface area contributed by atoms with Crippen LogP contribution in [0.25, 0.3) is 27.9 Å². The Morgan fingerprint density at radius 2 is 1.84 bits per heavy atom. The van der Waals surface area contributed by atoms with Crippen molar-refractivity contribution in [3.05, 3.63) is 48.8 Å². The van der Waals surface area contributed by atoms with Crippen LogP contribution in [0.4, 0.5) is 10.6 Å². The molecule has 0 aliphatic carbocycles. The molecule has 1 amide bonds. The molecule has 0 atom stereocenters. The number of nitrogens with zero attached hydrogens (tertiary/aromatic N) is 9. The molecule has 5 heterocycles. The van der Waals surface area contributed by atoms with Crippen molar-refractivity contribution in [3.63, 3.8) is 0 Å². The Bertz CT molecular complexity index is 1340. The quantitative estimate of drug-likeness (QED) is 0.523. The molecule has 1 aliphatic rings. The number of carbonyl (C=O) groups is 1. The van der Waals surface area contributed by atoms with Crippen LogP contribution in [0.5, 0.6) is 0 Å². The minimum absolute atomic E-state index is 0.425. The van der Waals surface area contributed by atoms with E-state index < -0.39 is 6.09 Å². The normalized spacial score (nSPS) is 14.0. The molecule has 0 aromatic carbocycles. The maximum Gasteiger partial charge on any atom is 0.407 e. The van der Waals surface area contributed by atoms with Gasteiger partial charge < -0.3 is 14.9 Å². The lowest BCUT2D eigenvalue weighted by Gasteiger charge is -2.33. The van der Waals surface area contributed by atoms with Gasteiger partial charge in [0.2, 0.25) is 0 Å².